The van der Waals surface area contributed by atoms with Gasteiger partial charge in [0.2, 0.25) is 0 Å². The van der Waals surface area contributed by atoms with Gasteiger partial charge < -0.3 is 0 Å². The number of nitrogens with one attached hydrogen (secondary N) is 1. The van der Waals surface area contributed by atoms with Crippen LogP contribution in [0, 0.1) is 0 Å². The van der Waals surface area contributed by atoms with E-state index in [0.717, 1.165) is 15.6 Å². The highest BCUT2D eigenvalue weighted by atomic mass is 79.9. The first-order valence-electron chi connectivity index (χ1n) is 5.60. The molecule has 1 unspecified atom stereocenters. The molecule has 0 aliphatic rings. The summed E-state index contributed by atoms with van der Waals surface area (Å²) in [4.78, 5) is 3.97. The van der Waals surface area contributed by atoms with Gasteiger partial charge in [0.1, 0.15) is 0 Å². The first-order chi connectivity index (χ1) is 9.10. The van der Waals surface area contributed by atoms with Gasteiger partial charge >= 0.3 is 0 Å². The van der Waals surface area contributed by atoms with Crippen LogP contribution in [0.3, 0.4) is 0 Å². The molecule has 0 aliphatic carbocycles. The van der Waals surface area contributed by atoms with E-state index in [0.29, 0.717) is 16.5 Å². The van der Waals surface area contributed by atoms with Crippen molar-refractivity contribution in [2.24, 2.45) is 5.84 Å². The van der Waals surface area contributed by atoms with Crippen LogP contribution in [0.5, 0.6) is 0 Å². The molecule has 3 N–H and O–H groups in total. The lowest BCUT2D eigenvalue weighted by Gasteiger charge is -2.17. The highest BCUT2D eigenvalue weighted by Crippen LogP contribution is 2.27. The Morgan fingerprint density at radius 1 is 1.32 bits per heavy atom. The molecule has 1 heterocycles. The number of nitrogens with zero attached hydrogens (tertiary/aromatic N) is 1. The number of nitrogens with two attached hydrogens (primary N) is 1. The van der Waals surface area contributed by atoms with Crippen molar-refractivity contribution in [1.82, 2.24) is 10.4 Å². The lowest BCUT2D eigenvalue weighted by Crippen LogP contribution is -2.29. The molecule has 19 heavy (non-hydrogen) atoms. The van der Waals surface area contributed by atoms with Gasteiger partial charge in [-0.2, -0.15) is 0 Å². The maximum absolute atomic E-state index is 6.11. The number of benzene rings is 1. The fraction of sp³-hybridized carbons (Fsp3) is 0.154. The predicted octanol–water partition coefficient (Wildman–Crippen LogP) is 3.90. The molecule has 2 aromatic rings. The molecule has 1 aromatic carbocycles. The van der Waals surface area contributed by atoms with Crippen LogP contribution < -0.4 is 11.3 Å². The molecule has 1 atom stereocenters. The molecule has 6 heteroatoms. The topological polar surface area (TPSA) is 50.9 Å². The zero-order valence-corrected chi connectivity index (χ0v) is 13.0. The van der Waals surface area contributed by atoms with Crippen molar-refractivity contribution in [2.75, 3.05) is 0 Å². The molecule has 0 amide bonds. The lowest BCUT2D eigenvalue weighted by molar-refractivity contribution is 0.551. The van der Waals surface area contributed by atoms with Gasteiger partial charge in [-0.3, -0.25) is 16.3 Å². The van der Waals surface area contributed by atoms with Crippen molar-refractivity contribution >= 4 is 39.1 Å². The molecular formula is C13H12BrCl2N3. The second-order valence-corrected chi connectivity index (χ2v) is 5.85. The first-order valence-corrected chi connectivity index (χ1v) is 7.15. The maximum Gasteiger partial charge on any atom is 0.0622 e. The first kappa shape index (κ1) is 14.8. The molecule has 0 aliphatic heterocycles. The van der Waals surface area contributed by atoms with E-state index < -0.39 is 0 Å². The molecule has 1 aromatic heterocycles. The van der Waals surface area contributed by atoms with Gasteiger partial charge in [-0.15, -0.1) is 0 Å². The number of aromatic nitrogens is 1. The Kier molecular flexibility index (Phi) is 5.19. The van der Waals surface area contributed by atoms with Gasteiger partial charge in [0, 0.05) is 21.9 Å². The van der Waals surface area contributed by atoms with Crippen LogP contribution in [0.2, 0.25) is 10.0 Å². The highest BCUT2D eigenvalue weighted by Gasteiger charge is 2.13. The molecule has 0 fully saturated rings. The summed E-state index contributed by atoms with van der Waals surface area (Å²) >= 11 is 15.6. The molecule has 2 rings (SSSR count). The van der Waals surface area contributed by atoms with Crippen LogP contribution in [0.15, 0.2) is 41.1 Å². The minimum absolute atomic E-state index is 0.0742. The second kappa shape index (κ2) is 6.68. The van der Waals surface area contributed by atoms with Crippen LogP contribution in [0.1, 0.15) is 17.2 Å². The number of hydrogen-bond donors (Lipinski definition) is 2. The molecule has 0 bridgehead atoms. The predicted molar refractivity (Wildman–Crippen MR) is 82.2 cm³/mol. The number of rotatable bonds is 4. The van der Waals surface area contributed by atoms with E-state index in [1.54, 1.807) is 12.4 Å². The highest BCUT2D eigenvalue weighted by molar-refractivity contribution is 9.10. The minimum atomic E-state index is -0.0742. The number of halogens is 3. The number of hydrogen-bond acceptors (Lipinski definition) is 3. The lowest BCUT2D eigenvalue weighted by atomic mass is 10.00. The van der Waals surface area contributed by atoms with Gasteiger partial charge in [0.25, 0.3) is 0 Å². The Morgan fingerprint density at radius 2 is 2.11 bits per heavy atom. The van der Waals surface area contributed by atoms with Crippen LogP contribution in [0.25, 0.3) is 0 Å². The third-order valence-corrected chi connectivity index (χ3v) is 3.79. The fourth-order valence-electron chi connectivity index (χ4n) is 1.84. The quantitative estimate of drug-likeness (QED) is 0.642. The molecular weight excluding hydrogens is 349 g/mol. The van der Waals surface area contributed by atoms with E-state index in [9.17, 15) is 0 Å². The van der Waals surface area contributed by atoms with Crippen LogP contribution in [0.4, 0.5) is 0 Å². The Hall–Kier alpha value is -0.650. The van der Waals surface area contributed by atoms with E-state index in [4.69, 9.17) is 29.0 Å². The van der Waals surface area contributed by atoms with Crippen LogP contribution in [-0.2, 0) is 6.42 Å². The van der Waals surface area contributed by atoms with E-state index >= 15 is 0 Å². The van der Waals surface area contributed by atoms with Crippen molar-refractivity contribution in [3.8, 4) is 0 Å². The summed E-state index contributed by atoms with van der Waals surface area (Å²) in [7, 11) is 0. The van der Waals surface area contributed by atoms with Gasteiger partial charge in [-0.25, -0.2) is 0 Å². The SMILES string of the molecule is NNC(Cc1ccncc1Cl)c1cc(Cl)cc(Br)c1. The maximum atomic E-state index is 6.11. The van der Waals surface area contributed by atoms with Crippen molar-refractivity contribution in [3.05, 3.63) is 62.3 Å². The smallest absolute Gasteiger partial charge is 0.0622 e. The molecule has 3 nitrogen and oxygen atoms in total. The Balaban J connectivity index is 2.28. The van der Waals surface area contributed by atoms with E-state index in [2.05, 4.69) is 26.3 Å². The average Bonchev–Trinajstić information content (AvgIpc) is 2.36. The zero-order chi connectivity index (χ0) is 13.8. The van der Waals surface area contributed by atoms with Crippen molar-refractivity contribution in [2.45, 2.75) is 12.5 Å². The van der Waals surface area contributed by atoms with Crippen molar-refractivity contribution in [1.29, 1.82) is 0 Å². The summed E-state index contributed by atoms with van der Waals surface area (Å²) in [5, 5.41) is 1.29. The largest absolute Gasteiger partial charge is 0.271 e. The Bertz CT molecular complexity index is 557. The summed E-state index contributed by atoms with van der Waals surface area (Å²) in [6.45, 7) is 0. The summed E-state index contributed by atoms with van der Waals surface area (Å²) in [5.41, 5.74) is 4.77. The third-order valence-electron chi connectivity index (χ3n) is 2.77. The molecule has 0 spiro atoms. The molecule has 0 radical (unpaired) electrons. The van der Waals surface area contributed by atoms with Gasteiger partial charge in [0.05, 0.1) is 11.1 Å². The van der Waals surface area contributed by atoms with Crippen molar-refractivity contribution in [3.63, 3.8) is 0 Å². The number of pyridine rings is 1. The molecule has 0 saturated heterocycles. The number of hydrazine groups is 1. The fourth-order valence-corrected chi connectivity index (χ4v) is 2.92. The van der Waals surface area contributed by atoms with Crippen molar-refractivity contribution < 1.29 is 0 Å². The van der Waals surface area contributed by atoms with E-state index in [-0.39, 0.29) is 6.04 Å². The van der Waals surface area contributed by atoms with E-state index in [1.807, 2.05) is 24.3 Å². The standard InChI is InChI=1S/C13H12BrCl2N3/c14-10-3-9(4-11(15)6-10)13(19-17)5-8-1-2-18-7-12(8)16/h1-4,6-7,13,19H,5,17H2. The summed E-state index contributed by atoms with van der Waals surface area (Å²) in [6, 6.07) is 7.50. The summed E-state index contributed by atoms with van der Waals surface area (Å²) in [6.07, 6.45) is 3.99. The summed E-state index contributed by atoms with van der Waals surface area (Å²) in [5.74, 6) is 5.64. The second-order valence-electron chi connectivity index (χ2n) is 4.09. The average molecular weight is 361 g/mol. The Labute approximate surface area is 130 Å². The van der Waals surface area contributed by atoms with Gasteiger partial charge in [-0.1, -0.05) is 39.1 Å². The van der Waals surface area contributed by atoms with E-state index in [1.165, 1.54) is 0 Å². The molecule has 0 saturated carbocycles. The monoisotopic (exact) mass is 359 g/mol. The van der Waals surface area contributed by atoms with Gasteiger partial charge in [0.15, 0.2) is 0 Å². The minimum Gasteiger partial charge on any atom is -0.271 e. The van der Waals surface area contributed by atoms with Crippen LogP contribution in [-0.4, -0.2) is 4.98 Å². The summed E-state index contributed by atoms with van der Waals surface area (Å²) < 4.78 is 0.913. The third kappa shape index (κ3) is 3.91. The zero-order valence-electron chi connectivity index (χ0n) is 9.91. The van der Waals surface area contributed by atoms with Crippen LogP contribution >= 0.6 is 39.1 Å². The van der Waals surface area contributed by atoms with Gasteiger partial charge in [-0.05, 0) is 41.8 Å². The normalized spacial score (nSPS) is 12.4. The Morgan fingerprint density at radius 3 is 2.74 bits per heavy atom. The molecule has 100 valence electrons.